The zero-order valence-corrected chi connectivity index (χ0v) is 19.2. The Balaban J connectivity index is 1.48. The van der Waals surface area contributed by atoms with E-state index in [1.807, 2.05) is 30.3 Å². The second kappa shape index (κ2) is 9.17. The SMILES string of the molecule is O=C(CSc1nc2sc3c(c2c(=O)n1Cc1ccccc1)CCCC3)NC1CCCC1. The second-order valence-corrected chi connectivity index (χ2v) is 10.5. The summed E-state index contributed by atoms with van der Waals surface area (Å²) in [6, 6.07) is 10.3. The van der Waals surface area contributed by atoms with Gasteiger partial charge in [-0.05, 0) is 49.7 Å². The molecule has 0 aliphatic heterocycles. The highest BCUT2D eigenvalue weighted by atomic mass is 32.2. The highest BCUT2D eigenvalue weighted by Gasteiger charge is 2.23. The molecule has 5 nitrogen and oxygen atoms in total. The van der Waals surface area contributed by atoms with E-state index in [2.05, 4.69) is 5.32 Å². The van der Waals surface area contributed by atoms with Gasteiger partial charge in [0.2, 0.25) is 5.91 Å². The van der Waals surface area contributed by atoms with Crippen LogP contribution in [0.5, 0.6) is 0 Å². The van der Waals surface area contributed by atoms with E-state index in [1.54, 1.807) is 15.9 Å². The number of nitrogens with one attached hydrogen (secondary N) is 1. The minimum atomic E-state index is 0.0305. The van der Waals surface area contributed by atoms with E-state index < -0.39 is 0 Å². The van der Waals surface area contributed by atoms with Crippen LogP contribution in [-0.2, 0) is 24.2 Å². The molecule has 0 spiro atoms. The Morgan fingerprint density at radius 1 is 1.13 bits per heavy atom. The van der Waals surface area contributed by atoms with Crippen molar-refractivity contribution < 1.29 is 4.79 Å². The lowest BCUT2D eigenvalue weighted by atomic mass is 9.97. The number of rotatable bonds is 6. The van der Waals surface area contributed by atoms with Crippen LogP contribution < -0.4 is 10.9 Å². The molecule has 5 rings (SSSR count). The molecule has 1 amide bonds. The molecule has 1 aromatic carbocycles. The maximum absolute atomic E-state index is 13.6. The number of fused-ring (bicyclic) bond motifs is 3. The minimum absolute atomic E-state index is 0.0305. The molecule has 162 valence electrons. The Labute approximate surface area is 190 Å². The van der Waals surface area contributed by atoms with Crippen LogP contribution in [0.1, 0.15) is 54.5 Å². The molecule has 3 aromatic rings. The van der Waals surface area contributed by atoms with Gasteiger partial charge in [0.1, 0.15) is 4.83 Å². The van der Waals surface area contributed by atoms with Crippen LogP contribution in [0, 0.1) is 0 Å². The van der Waals surface area contributed by atoms with Crippen molar-refractivity contribution in [2.45, 2.75) is 69.1 Å². The lowest BCUT2D eigenvalue weighted by molar-refractivity contribution is -0.119. The van der Waals surface area contributed by atoms with Crippen molar-refractivity contribution in [3.05, 3.63) is 56.7 Å². The average molecular weight is 454 g/mol. The van der Waals surface area contributed by atoms with Gasteiger partial charge in [-0.3, -0.25) is 14.2 Å². The van der Waals surface area contributed by atoms with Gasteiger partial charge in [-0.2, -0.15) is 0 Å². The monoisotopic (exact) mass is 453 g/mol. The molecule has 2 aliphatic rings. The standard InChI is InChI=1S/C24H27N3O2S2/c28-20(25-17-10-4-5-11-17)15-30-24-26-22-21(18-12-6-7-13-19(18)31-22)23(29)27(24)14-16-8-2-1-3-9-16/h1-3,8-9,17H,4-7,10-15H2,(H,25,28). The molecule has 31 heavy (non-hydrogen) atoms. The van der Waals surface area contributed by atoms with Gasteiger partial charge >= 0.3 is 0 Å². The van der Waals surface area contributed by atoms with E-state index in [1.165, 1.54) is 41.5 Å². The maximum atomic E-state index is 13.6. The summed E-state index contributed by atoms with van der Waals surface area (Å²) in [6.45, 7) is 0.472. The van der Waals surface area contributed by atoms with Crippen LogP contribution in [0.2, 0.25) is 0 Å². The number of hydrogen-bond acceptors (Lipinski definition) is 5. The number of nitrogens with zero attached hydrogens (tertiary/aromatic N) is 2. The van der Waals surface area contributed by atoms with E-state index in [0.29, 0.717) is 17.7 Å². The minimum Gasteiger partial charge on any atom is -0.353 e. The van der Waals surface area contributed by atoms with Crippen LogP contribution in [-0.4, -0.2) is 27.3 Å². The van der Waals surface area contributed by atoms with Crippen molar-refractivity contribution >= 4 is 39.2 Å². The number of aryl methyl sites for hydroxylation is 2. The van der Waals surface area contributed by atoms with E-state index >= 15 is 0 Å². The molecule has 0 bridgehead atoms. The summed E-state index contributed by atoms with van der Waals surface area (Å²) >= 11 is 3.04. The molecule has 0 radical (unpaired) electrons. The number of aromatic nitrogens is 2. The van der Waals surface area contributed by atoms with Gasteiger partial charge in [-0.15, -0.1) is 11.3 Å². The predicted molar refractivity (Wildman–Crippen MR) is 127 cm³/mol. The highest BCUT2D eigenvalue weighted by molar-refractivity contribution is 7.99. The number of thiophene rings is 1. The third-order valence-electron chi connectivity index (χ3n) is 6.28. The number of hydrogen-bond donors (Lipinski definition) is 1. The Bertz CT molecular complexity index is 1150. The molecule has 1 fully saturated rings. The zero-order valence-electron chi connectivity index (χ0n) is 17.6. The lowest BCUT2D eigenvalue weighted by Crippen LogP contribution is -2.34. The van der Waals surface area contributed by atoms with Gasteiger partial charge in [-0.1, -0.05) is 54.9 Å². The number of carbonyl (C=O) groups excluding carboxylic acids is 1. The van der Waals surface area contributed by atoms with Gasteiger partial charge in [-0.25, -0.2) is 4.98 Å². The van der Waals surface area contributed by atoms with Crippen molar-refractivity contribution in [3.63, 3.8) is 0 Å². The van der Waals surface area contributed by atoms with Gasteiger partial charge in [0.25, 0.3) is 5.56 Å². The van der Waals surface area contributed by atoms with Crippen LogP contribution in [0.4, 0.5) is 0 Å². The van der Waals surface area contributed by atoms with Crippen molar-refractivity contribution in [1.82, 2.24) is 14.9 Å². The Morgan fingerprint density at radius 3 is 2.71 bits per heavy atom. The van der Waals surface area contributed by atoms with E-state index in [-0.39, 0.29) is 17.2 Å². The van der Waals surface area contributed by atoms with Crippen LogP contribution >= 0.6 is 23.1 Å². The first kappa shape index (κ1) is 20.8. The van der Waals surface area contributed by atoms with E-state index in [0.717, 1.165) is 47.9 Å². The molecule has 7 heteroatoms. The van der Waals surface area contributed by atoms with Gasteiger partial charge in [0, 0.05) is 10.9 Å². The smallest absolute Gasteiger partial charge is 0.263 e. The lowest BCUT2D eigenvalue weighted by Gasteiger charge is -2.15. The fraction of sp³-hybridized carbons (Fsp3) is 0.458. The van der Waals surface area contributed by atoms with Crippen molar-refractivity contribution in [2.75, 3.05) is 5.75 Å². The van der Waals surface area contributed by atoms with Gasteiger partial charge in [0.05, 0.1) is 17.7 Å². The molecular weight excluding hydrogens is 426 g/mol. The number of benzene rings is 1. The zero-order chi connectivity index (χ0) is 21.2. The molecule has 0 saturated heterocycles. The van der Waals surface area contributed by atoms with Crippen LogP contribution in [0.3, 0.4) is 0 Å². The topological polar surface area (TPSA) is 64.0 Å². The normalized spacial score (nSPS) is 16.5. The molecule has 0 atom stereocenters. The highest BCUT2D eigenvalue weighted by Crippen LogP contribution is 2.34. The molecule has 2 aliphatic carbocycles. The number of amides is 1. The summed E-state index contributed by atoms with van der Waals surface area (Å²) in [5, 5.41) is 4.58. The van der Waals surface area contributed by atoms with Crippen molar-refractivity contribution in [2.24, 2.45) is 0 Å². The summed E-state index contributed by atoms with van der Waals surface area (Å²) < 4.78 is 1.77. The molecule has 2 heterocycles. The molecule has 2 aromatic heterocycles. The molecule has 1 saturated carbocycles. The fourth-order valence-corrected chi connectivity index (χ4v) is 6.82. The van der Waals surface area contributed by atoms with Gasteiger partial charge < -0.3 is 5.32 Å². The maximum Gasteiger partial charge on any atom is 0.263 e. The summed E-state index contributed by atoms with van der Waals surface area (Å²) in [4.78, 5) is 33.2. The summed E-state index contributed by atoms with van der Waals surface area (Å²) in [7, 11) is 0. The molecular formula is C24H27N3O2S2. The number of carbonyl (C=O) groups is 1. The van der Waals surface area contributed by atoms with Crippen LogP contribution in [0.25, 0.3) is 10.2 Å². The largest absolute Gasteiger partial charge is 0.353 e. The fourth-order valence-electron chi connectivity index (χ4n) is 4.71. The first-order valence-corrected chi connectivity index (χ1v) is 13.0. The van der Waals surface area contributed by atoms with Crippen molar-refractivity contribution in [3.8, 4) is 0 Å². The van der Waals surface area contributed by atoms with Crippen LogP contribution in [0.15, 0.2) is 40.3 Å². The Hall–Kier alpha value is -2.12. The number of thioether (sulfide) groups is 1. The third kappa shape index (κ3) is 4.44. The first-order valence-electron chi connectivity index (χ1n) is 11.2. The van der Waals surface area contributed by atoms with Gasteiger partial charge in [0.15, 0.2) is 5.16 Å². The summed E-state index contributed by atoms with van der Waals surface area (Å²) in [5.41, 5.74) is 2.31. The third-order valence-corrected chi connectivity index (χ3v) is 8.44. The van der Waals surface area contributed by atoms with Crippen molar-refractivity contribution in [1.29, 1.82) is 0 Å². The first-order chi connectivity index (χ1) is 15.2. The molecule has 1 N–H and O–H groups in total. The second-order valence-electron chi connectivity index (χ2n) is 8.50. The van der Waals surface area contributed by atoms with E-state index in [4.69, 9.17) is 4.98 Å². The predicted octanol–water partition coefficient (Wildman–Crippen LogP) is 4.54. The summed E-state index contributed by atoms with van der Waals surface area (Å²) in [5.74, 6) is 0.317. The molecule has 0 unspecified atom stereocenters. The quantitative estimate of drug-likeness (QED) is 0.440. The Kier molecular flexibility index (Phi) is 6.14. The summed E-state index contributed by atoms with van der Waals surface area (Å²) in [6.07, 6.45) is 8.84. The average Bonchev–Trinajstić information content (AvgIpc) is 3.42. The Morgan fingerprint density at radius 2 is 1.90 bits per heavy atom. The van der Waals surface area contributed by atoms with E-state index in [9.17, 15) is 9.59 Å².